The van der Waals surface area contributed by atoms with Crippen LogP contribution in [-0.4, -0.2) is 17.4 Å². The van der Waals surface area contributed by atoms with Gasteiger partial charge in [0.2, 0.25) is 5.91 Å². The number of primary amides is 1. The van der Waals surface area contributed by atoms with Gasteiger partial charge in [-0.25, -0.2) is 4.39 Å². The number of amides is 1. The summed E-state index contributed by atoms with van der Waals surface area (Å²) in [6, 6.07) is 7.61. The minimum atomic E-state index is -0.468. The largest absolute Gasteiger partial charge is 0.369 e. The zero-order valence-electron chi connectivity index (χ0n) is 15.0. The zero-order chi connectivity index (χ0) is 18.4. The van der Waals surface area contributed by atoms with Crippen molar-refractivity contribution in [3.63, 3.8) is 0 Å². The molecule has 0 atom stereocenters. The van der Waals surface area contributed by atoms with Crippen molar-refractivity contribution in [1.29, 1.82) is 0 Å². The molecule has 4 rings (SSSR count). The van der Waals surface area contributed by atoms with Gasteiger partial charge in [-0.15, -0.1) is 0 Å². The average molecular weight is 351 g/mol. The van der Waals surface area contributed by atoms with E-state index in [1.54, 1.807) is 0 Å². The van der Waals surface area contributed by atoms with Gasteiger partial charge in [0.05, 0.1) is 11.9 Å². The van der Waals surface area contributed by atoms with E-state index < -0.39 is 5.91 Å². The number of H-pyrrole nitrogens is 1. The first-order valence-electron chi connectivity index (χ1n) is 8.87. The molecule has 4 N–H and O–H groups in total. The maximum Gasteiger partial charge on any atom is 0.221 e. The van der Waals surface area contributed by atoms with E-state index in [2.05, 4.69) is 22.4 Å². The normalized spacial score (nSPS) is 13.8. The fraction of sp³-hybridized carbons (Fsp3) is 0.286. The van der Waals surface area contributed by atoms with Crippen LogP contribution < -0.4 is 11.1 Å². The van der Waals surface area contributed by atoms with Crippen LogP contribution in [0.5, 0.6) is 0 Å². The standard InChI is InChI=1S/C21H22FN3O/c1-11-12(2)25-21-16(9-18(23)26)8-17(22)20(19(11)21)14-3-4-15-10-24-6-5-13(15)7-14/h3-4,7-8,24-25H,5-6,9-10H2,1-2H3,(H2,23,26). The molecule has 2 heterocycles. The maximum atomic E-state index is 15.2. The number of aryl methyl sites for hydroxylation is 2. The van der Waals surface area contributed by atoms with Gasteiger partial charge in [0.1, 0.15) is 5.82 Å². The minimum Gasteiger partial charge on any atom is -0.369 e. The highest BCUT2D eigenvalue weighted by Crippen LogP contribution is 2.37. The second-order valence-electron chi connectivity index (χ2n) is 7.07. The van der Waals surface area contributed by atoms with Gasteiger partial charge in [-0.05, 0) is 60.7 Å². The lowest BCUT2D eigenvalue weighted by Gasteiger charge is -2.19. The predicted octanol–water partition coefficient (Wildman–Crippen LogP) is 3.26. The third-order valence-electron chi connectivity index (χ3n) is 5.36. The van der Waals surface area contributed by atoms with Crippen LogP contribution in [0.1, 0.15) is 27.9 Å². The van der Waals surface area contributed by atoms with Gasteiger partial charge in [-0.3, -0.25) is 4.79 Å². The fourth-order valence-corrected chi connectivity index (χ4v) is 3.93. The molecule has 4 nitrogen and oxygen atoms in total. The third kappa shape index (κ3) is 2.69. The Kier molecular flexibility index (Phi) is 4.04. The fourth-order valence-electron chi connectivity index (χ4n) is 3.93. The first-order chi connectivity index (χ1) is 12.5. The van der Waals surface area contributed by atoms with Gasteiger partial charge in [-0.1, -0.05) is 18.2 Å². The molecule has 0 aliphatic carbocycles. The SMILES string of the molecule is Cc1[nH]c2c(CC(N)=O)cc(F)c(-c3ccc4c(c3)CCNC4)c2c1C. The number of nitrogens with two attached hydrogens (primary N) is 1. The highest BCUT2D eigenvalue weighted by molar-refractivity contribution is 6.01. The number of carbonyl (C=O) groups excluding carboxylic acids is 1. The number of carbonyl (C=O) groups is 1. The number of rotatable bonds is 3. The summed E-state index contributed by atoms with van der Waals surface area (Å²) in [6.45, 7) is 5.73. The van der Waals surface area contributed by atoms with Crippen molar-refractivity contribution >= 4 is 16.8 Å². The van der Waals surface area contributed by atoms with Crippen molar-refractivity contribution < 1.29 is 9.18 Å². The monoisotopic (exact) mass is 351 g/mol. The summed E-state index contributed by atoms with van der Waals surface area (Å²) in [5, 5.41) is 4.20. The number of aromatic amines is 1. The van der Waals surface area contributed by atoms with Crippen molar-refractivity contribution in [2.45, 2.75) is 33.2 Å². The molecule has 0 fully saturated rings. The number of fused-ring (bicyclic) bond motifs is 2. The number of hydrogen-bond acceptors (Lipinski definition) is 2. The molecule has 0 spiro atoms. The van der Waals surface area contributed by atoms with Crippen LogP contribution in [0.2, 0.25) is 0 Å². The predicted molar refractivity (Wildman–Crippen MR) is 101 cm³/mol. The van der Waals surface area contributed by atoms with Gasteiger partial charge in [0, 0.05) is 23.2 Å². The summed E-state index contributed by atoms with van der Waals surface area (Å²) in [5.41, 5.74) is 12.7. The lowest BCUT2D eigenvalue weighted by Crippen LogP contribution is -2.23. The lowest BCUT2D eigenvalue weighted by atomic mass is 9.91. The van der Waals surface area contributed by atoms with Gasteiger partial charge in [0.25, 0.3) is 0 Å². The number of hydrogen-bond donors (Lipinski definition) is 3. The summed E-state index contributed by atoms with van der Waals surface area (Å²) < 4.78 is 15.2. The number of benzene rings is 2. The smallest absolute Gasteiger partial charge is 0.221 e. The third-order valence-corrected chi connectivity index (χ3v) is 5.36. The van der Waals surface area contributed by atoms with Crippen LogP contribution in [0.4, 0.5) is 4.39 Å². The molecule has 0 radical (unpaired) electrons. The Hall–Kier alpha value is -2.66. The Morgan fingerprint density at radius 3 is 2.81 bits per heavy atom. The molecule has 2 aromatic carbocycles. The second-order valence-corrected chi connectivity index (χ2v) is 7.07. The first-order valence-corrected chi connectivity index (χ1v) is 8.87. The molecule has 0 saturated carbocycles. The number of halogens is 1. The molecule has 26 heavy (non-hydrogen) atoms. The van der Waals surface area contributed by atoms with Gasteiger partial charge < -0.3 is 16.0 Å². The highest BCUT2D eigenvalue weighted by Gasteiger charge is 2.20. The Balaban J connectivity index is 1.98. The van der Waals surface area contributed by atoms with Crippen LogP contribution >= 0.6 is 0 Å². The van der Waals surface area contributed by atoms with Crippen molar-refractivity contribution in [3.8, 4) is 11.1 Å². The summed E-state index contributed by atoms with van der Waals surface area (Å²) in [5.74, 6) is -0.783. The maximum absolute atomic E-state index is 15.2. The van der Waals surface area contributed by atoms with E-state index in [-0.39, 0.29) is 12.2 Å². The van der Waals surface area contributed by atoms with Gasteiger partial charge in [-0.2, -0.15) is 0 Å². The molecular formula is C21H22FN3O. The quantitative estimate of drug-likeness (QED) is 0.678. The Morgan fingerprint density at radius 2 is 2.04 bits per heavy atom. The highest BCUT2D eigenvalue weighted by atomic mass is 19.1. The van der Waals surface area contributed by atoms with Gasteiger partial charge in [0.15, 0.2) is 0 Å². The van der Waals surface area contributed by atoms with Crippen molar-refractivity contribution in [2.24, 2.45) is 5.73 Å². The van der Waals surface area contributed by atoms with Crippen molar-refractivity contribution in [1.82, 2.24) is 10.3 Å². The molecule has 1 aromatic heterocycles. The van der Waals surface area contributed by atoms with E-state index in [0.29, 0.717) is 11.1 Å². The summed E-state index contributed by atoms with van der Waals surface area (Å²) in [4.78, 5) is 14.7. The van der Waals surface area contributed by atoms with Crippen LogP contribution in [0.25, 0.3) is 22.0 Å². The Bertz CT molecular complexity index is 1040. The van der Waals surface area contributed by atoms with Crippen molar-refractivity contribution in [2.75, 3.05) is 6.54 Å². The molecule has 1 amide bonds. The van der Waals surface area contributed by atoms with Crippen LogP contribution in [0, 0.1) is 19.7 Å². The molecule has 1 aliphatic rings. The Labute approximate surface area is 151 Å². The lowest BCUT2D eigenvalue weighted by molar-refractivity contribution is -0.117. The summed E-state index contributed by atoms with van der Waals surface area (Å²) in [6.07, 6.45) is 0.960. The van der Waals surface area contributed by atoms with Crippen molar-refractivity contribution in [3.05, 3.63) is 58.0 Å². The molecule has 0 unspecified atom stereocenters. The molecule has 0 saturated heterocycles. The van der Waals surface area contributed by atoms with E-state index >= 15 is 4.39 Å². The molecule has 1 aliphatic heterocycles. The molecule has 0 bridgehead atoms. The zero-order valence-corrected chi connectivity index (χ0v) is 15.0. The molecule has 134 valence electrons. The number of aromatic nitrogens is 1. The van der Waals surface area contributed by atoms with Gasteiger partial charge >= 0.3 is 0 Å². The molecular weight excluding hydrogens is 329 g/mol. The number of nitrogens with one attached hydrogen (secondary N) is 2. The molecule has 3 aromatic rings. The average Bonchev–Trinajstić information content (AvgIpc) is 2.90. The first kappa shape index (κ1) is 16.8. The topological polar surface area (TPSA) is 70.9 Å². The summed E-state index contributed by atoms with van der Waals surface area (Å²) >= 11 is 0. The summed E-state index contributed by atoms with van der Waals surface area (Å²) in [7, 11) is 0. The van der Waals surface area contributed by atoms with Crippen LogP contribution in [0.3, 0.4) is 0 Å². The van der Waals surface area contributed by atoms with E-state index in [1.807, 2.05) is 19.9 Å². The van der Waals surface area contributed by atoms with E-state index in [9.17, 15) is 4.79 Å². The van der Waals surface area contributed by atoms with Crippen LogP contribution in [-0.2, 0) is 24.2 Å². The second kappa shape index (κ2) is 6.25. The van der Waals surface area contributed by atoms with E-state index in [0.717, 1.165) is 47.2 Å². The van der Waals surface area contributed by atoms with E-state index in [4.69, 9.17) is 5.73 Å². The van der Waals surface area contributed by atoms with Crippen LogP contribution in [0.15, 0.2) is 24.3 Å². The Morgan fingerprint density at radius 1 is 1.23 bits per heavy atom. The minimum absolute atomic E-state index is 0.0168. The molecule has 5 heteroatoms. The van der Waals surface area contributed by atoms with E-state index in [1.165, 1.54) is 17.2 Å².